The van der Waals surface area contributed by atoms with E-state index in [1.807, 2.05) is 19.1 Å². The van der Waals surface area contributed by atoms with Gasteiger partial charge >= 0.3 is 5.97 Å². The predicted molar refractivity (Wildman–Crippen MR) is 106 cm³/mol. The number of rotatable bonds is 9. The third-order valence-electron chi connectivity index (χ3n) is 6.17. The molecule has 2 aliphatic carbocycles. The Morgan fingerprint density at radius 1 is 1.11 bits per heavy atom. The van der Waals surface area contributed by atoms with E-state index in [0.717, 1.165) is 43.1 Å². The fourth-order valence-electron chi connectivity index (χ4n) is 4.27. The first-order valence-corrected chi connectivity index (χ1v) is 10.1. The van der Waals surface area contributed by atoms with Gasteiger partial charge in [-0.2, -0.15) is 0 Å². The van der Waals surface area contributed by atoms with E-state index in [9.17, 15) is 9.90 Å². The lowest BCUT2D eigenvalue weighted by atomic mass is 9.83. The van der Waals surface area contributed by atoms with Crippen molar-refractivity contribution in [2.75, 3.05) is 6.61 Å². The minimum Gasteiger partial charge on any atom is -0.493 e. The molecule has 0 bridgehead atoms. The monoisotopic (exact) mass is 364 g/mol. The van der Waals surface area contributed by atoms with Crippen LogP contribution >= 0.6 is 0 Å². The quantitative estimate of drug-likeness (QED) is 0.669. The average Bonchev–Trinajstić information content (AvgIpc) is 3.59. The van der Waals surface area contributed by atoms with Crippen LogP contribution in [0.5, 0.6) is 5.75 Å². The van der Waals surface area contributed by atoms with Crippen molar-refractivity contribution in [2.45, 2.75) is 38.5 Å². The first-order chi connectivity index (χ1) is 13.1. The molecule has 0 amide bonds. The molecule has 0 heterocycles. The number of ether oxygens (including phenoxy) is 1. The van der Waals surface area contributed by atoms with Gasteiger partial charge < -0.3 is 9.84 Å². The predicted octanol–water partition coefficient (Wildman–Crippen LogP) is 5.16. The molecule has 2 aromatic rings. The molecule has 3 nitrogen and oxygen atoms in total. The molecule has 142 valence electrons. The summed E-state index contributed by atoms with van der Waals surface area (Å²) in [5.41, 5.74) is 2.52. The van der Waals surface area contributed by atoms with Crippen LogP contribution in [0.1, 0.15) is 43.2 Å². The maximum atomic E-state index is 11.5. The molecule has 4 rings (SSSR count). The Bertz CT molecular complexity index is 781. The molecular formula is C24H28O3. The SMILES string of the molecule is CC(C(=O)O)[C@H](c1cccc(OCC2CC2Cc2ccccc2)c1)C1CC1. The lowest BCUT2D eigenvalue weighted by molar-refractivity contribution is -0.142. The zero-order valence-corrected chi connectivity index (χ0v) is 15.9. The van der Waals surface area contributed by atoms with Crippen LogP contribution < -0.4 is 4.74 Å². The van der Waals surface area contributed by atoms with Gasteiger partial charge in [-0.1, -0.05) is 49.4 Å². The summed E-state index contributed by atoms with van der Waals surface area (Å²) in [6.45, 7) is 2.58. The Hall–Kier alpha value is -2.29. The van der Waals surface area contributed by atoms with Crippen LogP contribution in [0.4, 0.5) is 0 Å². The fourth-order valence-corrected chi connectivity index (χ4v) is 4.27. The van der Waals surface area contributed by atoms with E-state index in [1.165, 1.54) is 12.0 Å². The van der Waals surface area contributed by atoms with Crippen molar-refractivity contribution in [3.05, 3.63) is 65.7 Å². The van der Waals surface area contributed by atoms with Crippen molar-refractivity contribution in [2.24, 2.45) is 23.7 Å². The molecule has 0 spiro atoms. The number of carboxylic acid groups (broad SMARTS) is 1. The highest BCUT2D eigenvalue weighted by Gasteiger charge is 2.39. The standard InChI is InChI=1S/C24H28O3/c1-16(24(25)26)23(18-10-11-18)19-8-5-9-22(14-19)27-15-21-13-20(21)12-17-6-3-2-4-7-17/h2-9,14,16,18,20-21,23H,10-13,15H2,1H3,(H,25,26)/t16?,20?,21?,23-/m0/s1. The van der Waals surface area contributed by atoms with Gasteiger partial charge in [0.2, 0.25) is 0 Å². The first kappa shape index (κ1) is 18.1. The van der Waals surface area contributed by atoms with Crippen LogP contribution in [-0.2, 0) is 11.2 Å². The third-order valence-corrected chi connectivity index (χ3v) is 6.17. The normalized spacial score (nSPS) is 23.4. The van der Waals surface area contributed by atoms with Crippen LogP contribution in [0.3, 0.4) is 0 Å². The molecule has 2 aromatic carbocycles. The second-order valence-electron chi connectivity index (χ2n) is 8.32. The van der Waals surface area contributed by atoms with E-state index in [2.05, 4.69) is 42.5 Å². The number of benzene rings is 2. The summed E-state index contributed by atoms with van der Waals surface area (Å²) in [6.07, 6.45) is 4.64. The summed E-state index contributed by atoms with van der Waals surface area (Å²) in [5.74, 6) is 1.77. The average molecular weight is 364 g/mol. The summed E-state index contributed by atoms with van der Waals surface area (Å²) in [6, 6.07) is 18.8. The van der Waals surface area contributed by atoms with Crippen molar-refractivity contribution in [3.8, 4) is 5.75 Å². The third kappa shape index (κ3) is 4.52. The topological polar surface area (TPSA) is 46.5 Å². The lowest BCUT2D eigenvalue weighted by Gasteiger charge is -2.21. The van der Waals surface area contributed by atoms with E-state index in [1.54, 1.807) is 0 Å². The van der Waals surface area contributed by atoms with Gasteiger partial charge in [-0.15, -0.1) is 0 Å². The highest BCUT2D eigenvalue weighted by atomic mass is 16.5. The Morgan fingerprint density at radius 3 is 2.59 bits per heavy atom. The van der Waals surface area contributed by atoms with Crippen LogP contribution in [0.25, 0.3) is 0 Å². The lowest BCUT2D eigenvalue weighted by Crippen LogP contribution is -2.20. The number of aliphatic carboxylic acids is 1. The molecule has 3 unspecified atom stereocenters. The van der Waals surface area contributed by atoms with Crippen LogP contribution in [0.15, 0.2) is 54.6 Å². The van der Waals surface area contributed by atoms with E-state index in [0.29, 0.717) is 11.8 Å². The van der Waals surface area contributed by atoms with Crippen molar-refractivity contribution in [3.63, 3.8) is 0 Å². The Kier molecular flexibility index (Phi) is 5.20. The molecule has 0 radical (unpaired) electrons. The van der Waals surface area contributed by atoms with Crippen LogP contribution in [0.2, 0.25) is 0 Å². The highest BCUT2D eigenvalue weighted by molar-refractivity contribution is 5.71. The molecule has 3 heteroatoms. The van der Waals surface area contributed by atoms with Crippen molar-refractivity contribution < 1.29 is 14.6 Å². The van der Waals surface area contributed by atoms with Gasteiger partial charge in [0, 0.05) is 0 Å². The van der Waals surface area contributed by atoms with Crippen LogP contribution in [-0.4, -0.2) is 17.7 Å². The van der Waals surface area contributed by atoms with E-state index in [4.69, 9.17) is 4.74 Å². The molecule has 0 aromatic heterocycles. The second-order valence-corrected chi connectivity index (χ2v) is 8.32. The van der Waals surface area contributed by atoms with Crippen molar-refractivity contribution in [1.29, 1.82) is 0 Å². The maximum Gasteiger partial charge on any atom is 0.306 e. The largest absolute Gasteiger partial charge is 0.493 e. The molecule has 2 aliphatic rings. The zero-order valence-electron chi connectivity index (χ0n) is 15.9. The molecule has 2 fully saturated rings. The van der Waals surface area contributed by atoms with E-state index >= 15 is 0 Å². The molecule has 2 saturated carbocycles. The summed E-state index contributed by atoms with van der Waals surface area (Å²) < 4.78 is 6.08. The number of carboxylic acids is 1. The van der Waals surface area contributed by atoms with E-state index < -0.39 is 5.97 Å². The first-order valence-electron chi connectivity index (χ1n) is 10.1. The number of hydrogen-bond acceptors (Lipinski definition) is 2. The second kappa shape index (κ2) is 7.75. The van der Waals surface area contributed by atoms with Crippen molar-refractivity contribution in [1.82, 2.24) is 0 Å². The zero-order chi connectivity index (χ0) is 18.8. The van der Waals surface area contributed by atoms with Gasteiger partial charge in [0.1, 0.15) is 5.75 Å². The smallest absolute Gasteiger partial charge is 0.306 e. The van der Waals surface area contributed by atoms with Gasteiger partial charge in [0.05, 0.1) is 12.5 Å². The minimum atomic E-state index is -0.708. The molecule has 0 saturated heterocycles. The Labute approximate surface area is 161 Å². The molecule has 0 aliphatic heterocycles. The Morgan fingerprint density at radius 2 is 1.89 bits per heavy atom. The van der Waals surface area contributed by atoms with Gasteiger partial charge in [-0.25, -0.2) is 0 Å². The van der Waals surface area contributed by atoms with Gasteiger partial charge in [-0.05, 0) is 72.6 Å². The molecule has 1 N–H and O–H groups in total. The fraction of sp³-hybridized carbons (Fsp3) is 0.458. The molecule has 27 heavy (non-hydrogen) atoms. The summed E-state index contributed by atoms with van der Waals surface area (Å²) in [4.78, 5) is 11.5. The number of hydrogen-bond donors (Lipinski definition) is 1. The molecule has 4 atom stereocenters. The van der Waals surface area contributed by atoms with Gasteiger partial charge in [-0.3, -0.25) is 4.79 Å². The summed E-state index contributed by atoms with van der Waals surface area (Å²) in [7, 11) is 0. The highest BCUT2D eigenvalue weighted by Crippen LogP contribution is 2.47. The maximum absolute atomic E-state index is 11.5. The van der Waals surface area contributed by atoms with Gasteiger partial charge in [0.15, 0.2) is 0 Å². The van der Waals surface area contributed by atoms with Crippen molar-refractivity contribution >= 4 is 5.97 Å². The van der Waals surface area contributed by atoms with Crippen LogP contribution in [0, 0.1) is 23.7 Å². The Balaban J connectivity index is 1.34. The van der Waals surface area contributed by atoms with Gasteiger partial charge in [0.25, 0.3) is 0 Å². The van der Waals surface area contributed by atoms with E-state index in [-0.39, 0.29) is 11.8 Å². The number of carbonyl (C=O) groups is 1. The summed E-state index contributed by atoms with van der Waals surface area (Å²) in [5, 5.41) is 9.46. The summed E-state index contributed by atoms with van der Waals surface area (Å²) >= 11 is 0. The minimum absolute atomic E-state index is 0.0952. The molecular weight excluding hydrogens is 336 g/mol.